The molecule has 2 atom stereocenters. The Balaban J connectivity index is 0.000000505. The molecule has 0 bridgehead atoms. The number of pyridine rings is 1. The quantitative estimate of drug-likeness (QED) is 0.266. The van der Waals surface area contributed by atoms with Gasteiger partial charge in [-0.25, -0.2) is 10.3 Å². The number of para-hydroxylation sites is 1. The van der Waals surface area contributed by atoms with Crippen molar-refractivity contribution in [3.63, 3.8) is 0 Å². The number of ether oxygens (including phenoxy) is 1. The smallest absolute Gasteiger partial charge is 0.488 e. The number of rotatable bonds is 6. The van der Waals surface area contributed by atoms with Crippen LogP contribution in [0.3, 0.4) is 0 Å². The number of carboxylic acids is 1. The summed E-state index contributed by atoms with van der Waals surface area (Å²) in [6.07, 6.45) is -0.345. The van der Waals surface area contributed by atoms with E-state index < -0.39 is 29.9 Å². The van der Waals surface area contributed by atoms with Gasteiger partial charge < -0.3 is 15.2 Å². The van der Waals surface area contributed by atoms with E-state index in [1.165, 1.54) is 0 Å². The summed E-state index contributed by atoms with van der Waals surface area (Å²) in [5.41, 5.74) is 4.21. The number of carboxylic acid groups (broad SMARTS) is 1. The molecule has 4 rings (SSSR count). The second-order valence-electron chi connectivity index (χ2n) is 8.58. The van der Waals surface area contributed by atoms with Crippen LogP contribution >= 0.6 is 0 Å². The number of benzene rings is 2. The SMILES string of the molecule is O=C(NO)[C@H]1CCCC[C@@H]1C(=O)Nc1ccc(COc2ccnc3ccccc23)cc1.O=C(O)C(F)(F)F. The number of hydroxylamine groups is 1. The molecule has 1 heterocycles. The summed E-state index contributed by atoms with van der Waals surface area (Å²) >= 11 is 0. The first-order valence-corrected chi connectivity index (χ1v) is 11.7. The van der Waals surface area contributed by atoms with Gasteiger partial charge in [-0.15, -0.1) is 0 Å². The average Bonchev–Trinajstić information content (AvgIpc) is 2.92. The van der Waals surface area contributed by atoms with E-state index in [0.717, 1.165) is 35.1 Å². The maximum absolute atomic E-state index is 12.7. The van der Waals surface area contributed by atoms with E-state index in [0.29, 0.717) is 25.1 Å². The Morgan fingerprint density at radius 2 is 1.55 bits per heavy atom. The van der Waals surface area contributed by atoms with E-state index in [9.17, 15) is 22.8 Å². The van der Waals surface area contributed by atoms with Crippen LogP contribution in [0.5, 0.6) is 5.75 Å². The highest BCUT2D eigenvalue weighted by Gasteiger charge is 2.38. The van der Waals surface area contributed by atoms with Gasteiger partial charge in [0.05, 0.1) is 11.4 Å². The number of hydrogen-bond acceptors (Lipinski definition) is 6. The van der Waals surface area contributed by atoms with Crippen LogP contribution in [0.2, 0.25) is 0 Å². The molecule has 0 spiro atoms. The fraction of sp³-hybridized carbons (Fsp3) is 0.308. The van der Waals surface area contributed by atoms with Gasteiger partial charge in [-0.05, 0) is 48.7 Å². The van der Waals surface area contributed by atoms with Crippen LogP contribution < -0.4 is 15.5 Å². The molecular formula is C26H26F3N3O6. The fourth-order valence-corrected chi connectivity index (χ4v) is 4.12. The number of hydrogen-bond donors (Lipinski definition) is 4. The molecular weight excluding hydrogens is 507 g/mol. The Morgan fingerprint density at radius 1 is 0.947 bits per heavy atom. The van der Waals surface area contributed by atoms with Gasteiger partial charge in [-0.3, -0.25) is 19.8 Å². The van der Waals surface area contributed by atoms with Crippen LogP contribution in [0.25, 0.3) is 10.9 Å². The molecule has 1 aromatic heterocycles. The average molecular weight is 534 g/mol. The van der Waals surface area contributed by atoms with Gasteiger partial charge in [-0.1, -0.05) is 37.1 Å². The van der Waals surface area contributed by atoms with E-state index in [4.69, 9.17) is 19.8 Å². The topological polar surface area (TPSA) is 138 Å². The van der Waals surface area contributed by atoms with Gasteiger partial charge in [0.15, 0.2) is 0 Å². The zero-order valence-electron chi connectivity index (χ0n) is 20.1. The standard InChI is InChI=1S/C24H25N3O4.C2HF3O2/c28-23(18-5-1-2-6-19(18)24(29)27-30)26-17-11-9-16(10-12-17)15-31-22-13-14-25-21-8-4-3-7-20(21)22;3-2(4,5)1(6)7/h3-4,7-14,18-19,30H,1-2,5-6,15H2,(H,26,28)(H,27,29);(H,6,7)/t18-,19-;/m0./s1. The van der Waals surface area contributed by atoms with Crippen molar-refractivity contribution in [2.45, 2.75) is 38.5 Å². The second kappa shape index (κ2) is 12.9. The number of halogens is 3. The molecule has 202 valence electrons. The summed E-state index contributed by atoms with van der Waals surface area (Å²) in [6, 6.07) is 17.1. The number of nitrogens with one attached hydrogen (secondary N) is 2. The van der Waals surface area contributed by atoms with E-state index in [1.807, 2.05) is 54.6 Å². The fourth-order valence-electron chi connectivity index (χ4n) is 4.12. The number of fused-ring (bicyclic) bond motifs is 1. The maximum Gasteiger partial charge on any atom is 0.490 e. The third-order valence-electron chi connectivity index (χ3n) is 6.02. The van der Waals surface area contributed by atoms with Crippen LogP contribution in [0.1, 0.15) is 31.2 Å². The van der Waals surface area contributed by atoms with Crippen LogP contribution in [0, 0.1) is 11.8 Å². The molecule has 1 aliphatic rings. The highest BCUT2D eigenvalue weighted by Crippen LogP contribution is 2.31. The molecule has 3 aromatic rings. The molecule has 2 amide bonds. The summed E-state index contributed by atoms with van der Waals surface area (Å²) < 4.78 is 37.7. The van der Waals surface area contributed by atoms with E-state index in [1.54, 1.807) is 11.7 Å². The lowest BCUT2D eigenvalue weighted by Crippen LogP contribution is -2.40. The van der Waals surface area contributed by atoms with Crippen molar-refractivity contribution in [3.8, 4) is 5.75 Å². The molecule has 12 heteroatoms. The number of carbonyl (C=O) groups is 3. The molecule has 0 saturated heterocycles. The van der Waals surface area contributed by atoms with Gasteiger partial charge >= 0.3 is 12.1 Å². The molecule has 0 radical (unpaired) electrons. The van der Waals surface area contributed by atoms with Gasteiger partial charge in [0.1, 0.15) is 12.4 Å². The zero-order valence-corrected chi connectivity index (χ0v) is 20.1. The summed E-state index contributed by atoms with van der Waals surface area (Å²) in [7, 11) is 0. The molecule has 9 nitrogen and oxygen atoms in total. The number of amides is 2. The zero-order chi connectivity index (χ0) is 27.7. The highest BCUT2D eigenvalue weighted by molar-refractivity contribution is 5.96. The lowest BCUT2D eigenvalue weighted by Gasteiger charge is -2.28. The lowest BCUT2D eigenvalue weighted by atomic mass is 9.78. The van der Waals surface area contributed by atoms with Crippen LogP contribution in [-0.2, 0) is 21.0 Å². The largest absolute Gasteiger partial charge is 0.490 e. The Labute approximate surface area is 215 Å². The van der Waals surface area contributed by atoms with E-state index in [-0.39, 0.29) is 5.91 Å². The normalized spacial score (nSPS) is 17.1. The molecule has 38 heavy (non-hydrogen) atoms. The number of alkyl halides is 3. The molecule has 4 N–H and O–H groups in total. The van der Waals surface area contributed by atoms with Crippen LogP contribution in [-0.4, -0.2) is 39.3 Å². The first-order chi connectivity index (χ1) is 18.1. The van der Waals surface area contributed by atoms with Crippen molar-refractivity contribution >= 4 is 34.4 Å². The molecule has 1 fully saturated rings. The number of carbonyl (C=O) groups excluding carboxylic acids is 2. The lowest BCUT2D eigenvalue weighted by molar-refractivity contribution is -0.192. The highest BCUT2D eigenvalue weighted by atomic mass is 19.4. The third-order valence-corrected chi connectivity index (χ3v) is 6.02. The molecule has 1 saturated carbocycles. The summed E-state index contributed by atoms with van der Waals surface area (Å²) in [6.45, 7) is 0.392. The van der Waals surface area contributed by atoms with Crippen molar-refractivity contribution in [1.82, 2.24) is 10.5 Å². The molecule has 0 unspecified atom stereocenters. The predicted octanol–water partition coefficient (Wildman–Crippen LogP) is 4.70. The van der Waals surface area contributed by atoms with Crippen molar-refractivity contribution in [2.75, 3.05) is 5.32 Å². The van der Waals surface area contributed by atoms with E-state index in [2.05, 4.69) is 10.3 Å². The number of nitrogens with zero attached hydrogens (tertiary/aromatic N) is 1. The summed E-state index contributed by atoms with van der Waals surface area (Å²) in [5, 5.41) is 19.9. The first-order valence-electron chi connectivity index (χ1n) is 11.7. The molecule has 0 aliphatic heterocycles. The Morgan fingerprint density at radius 3 is 2.16 bits per heavy atom. The number of aliphatic carboxylic acids is 1. The van der Waals surface area contributed by atoms with E-state index >= 15 is 0 Å². The predicted molar refractivity (Wildman–Crippen MR) is 130 cm³/mol. The van der Waals surface area contributed by atoms with Crippen LogP contribution in [0.15, 0.2) is 60.8 Å². The first kappa shape index (κ1) is 28.4. The van der Waals surface area contributed by atoms with Gasteiger partial charge in [0.2, 0.25) is 11.8 Å². The Kier molecular flexibility index (Phi) is 9.61. The van der Waals surface area contributed by atoms with Gasteiger partial charge in [0, 0.05) is 23.2 Å². The van der Waals surface area contributed by atoms with Gasteiger partial charge in [0.25, 0.3) is 0 Å². The summed E-state index contributed by atoms with van der Waals surface area (Å²) in [5.74, 6) is -3.61. The minimum Gasteiger partial charge on any atom is -0.488 e. The minimum atomic E-state index is -5.08. The monoisotopic (exact) mass is 533 g/mol. The number of anilines is 1. The second-order valence-corrected chi connectivity index (χ2v) is 8.58. The summed E-state index contributed by atoms with van der Waals surface area (Å²) in [4.78, 5) is 37.8. The van der Waals surface area contributed by atoms with Crippen LogP contribution in [0.4, 0.5) is 18.9 Å². The number of aromatic nitrogens is 1. The Bertz CT molecular complexity index is 1260. The maximum atomic E-state index is 12.7. The third kappa shape index (κ3) is 7.65. The molecule has 2 aromatic carbocycles. The van der Waals surface area contributed by atoms with Crippen molar-refractivity contribution in [3.05, 3.63) is 66.4 Å². The minimum absolute atomic E-state index is 0.194. The molecule has 1 aliphatic carbocycles. The van der Waals surface area contributed by atoms with Gasteiger partial charge in [-0.2, -0.15) is 13.2 Å². The van der Waals surface area contributed by atoms with Crippen molar-refractivity contribution in [2.24, 2.45) is 11.8 Å². The Hall–Kier alpha value is -4.19. The van der Waals surface area contributed by atoms with Crippen molar-refractivity contribution < 1.29 is 42.6 Å². The van der Waals surface area contributed by atoms with Crippen molar-refractivity contribution in [1.29, 1.82) is 0 Å².